The summed E-state index contributed by atoms with van der Waals surface area (Å²) in [7, 11) is 0. The molecule has 2 saturated heterocycles. The fraction of sp³-hybridized carbons (Fsp3) is 0.478. The fourth-order valence-corrected chi connectivity index (χ4v) is 3.86. The molecule has 2 fully saturated rings. The van der Waals surface area contributed by atoms with Gasteiger partial charge >= 0.3 is 0 Å². The van der Waals surface area contributed by atoms with Gasteiger partial charge in [0.2, 0.25) is 0 Å². The van der Waals surface area contributed by atoms with E-state index in [2.05, 4.69) is 0 Å². The maximum absolute atomic E-state index is 10.3. The van der Waals surface area contributed by atoms with Gasteiger partial charge in [-0.1, -0.05) is 60.7 Å². The van der Waals surface area contributed by atoms with Gasteiger partial charge in [0.05, 0.1) is 26.4 Å². The van der Waals surface area contributed by atoms with Crippen LogP contribution in [-0.2, 0) is 36.9 Å². The third-order valence-electron chi connectivity index (χ3n) is 5.25. The topological polar surface area (TPSA) is 66.4 Å². The molecule has 2 aliphatic heterocycles. The molecule has 1 N–H and O–H groups in total. The third-order valence-corrected chi connectivity index (χ3v) is 5.25. The van der Waals surface area contributed by atoms with Gasteiger partial charge in [-0.25, -0.2) is 0 Å². The average Bonchev–Trinajstić information content (AvgIpc) is 3.17. The lowest BCUT2D eigenvalue weighted by Gasteiger charge is -2.35. The van der Waals surface area contributed by atoms with E-state index < -0.39 is 29.9 Å². The summed E-state index contributed by atoms with van der Waals surface area (Å²) in [6, 6.07) is 19.8. The van der Waals surface area contributed by atoms with E-state index in [9.17, 15) is 5.11 Å². The lowest BCUT2D eigenvalue weighted by molar-refractivity contribution is -0.261. The van der Waals surface area contributed by atoms with Crippen LogP contribution < -0.4 is 0 Å². The van der Waals surface area contributed by atoms with E-state index in [4.69, 9.17) is 23.7 Å². The molecule has 2 aromatic rings. The number of hydrogen-bond donors (Lipinski definition) is 1. The minimum absolute atomic E-state index is 0.165. The van der Waals surface area contributed by atoms with Gasteiger partial charge in [0.15, 0.2) is 12.1 Å². The van der Waals surface area contributed by atoms with E-state index in [-0.39, 0.29) is 13.2 Å². The van der Waals surface area contributed by atoms with Crippen molar-refractivity contribution in [3.63, 3.8) is 0 Å². The molecule has 2 heterocycles. The van der Waals surface area contributed by atoms with Crippen molar-refractivity contribution in [3.05, 3.63) is 71.8 Å². The van der Waals surface area contributed by atoms with Crippen molar-refractivity contribution in [2.45, 2.75) is 56.9 Å². The lowest BCUT2D eigenvalue weighted by Crippen LogP contribution is -2.52. The first kappa shape index (κ1) is 20.5. The summed E-state index contributed by atoms with van der Waals surface area (Å²) in [6.07, 6.45) is -1.59. The Bertz CT molecular complexity index is 780. The molecule has 0 spiro atoms. The SMILES string of the molecule is CC1(C)O[C@@H]2O[C@](CO)(COCc3ccccc3)[C@@H](OCc3ccccc3)[C@H]2O1. The van der Waals surface area contributed by atoms with Crippen molar-refractivity contribution < 1.29 is 28.8 Å². The van der Waals surface area contributed by atoms with Gasteiger partial charge in [-0.05, 0) is 25.0 Å². The molecule has 0 radical (unpaired) electrons. The van der Waals surface area contributed by atoms with Crippen LogP contribution in [0.2, 0.25) is 0 Å². The molecule has 4 atom stereocenters. The molecule has 0 amide bonds. The van der Waals surface area contributed by atoms with Crippen molar-refractivity contribution >= 4 is 0 Å². The molecular formula is C23H28O6. The number of benzene rings is 2. The van der Waals surface area contributed by atoms with Crippen LogP contribution in [0.15, 0.2) is 60.7 Å². The second kappa shape index (κ2) is 8.52. The fourth-order valence-electron chi connectivity index (χ4n) is 3.86. The first-order chi connectivity index (χ1) is 14.0. The molecular weight excluding hydrogens is 372 g/mol. The molecule has 4 rings (SSSR count). The normalized spacial score (nSPS) is 30.4. The van der Waals surface area contributed by atoms with Crippen molar-refractivity contribution in [1.82, 2.24) is 0 Å². The van der Waals surface area contributed by atoms with Crippen molar-refractivity contribution in [3.8, 4) is 0 Å². The first-order valence-corrected chi connectivity index (χ1v) is 9.93. The van der Waals surface area contributed by atoms with Crippen LogP contribution in [-0.4, -0.2) is 48.2 Å². The molecule has 2 aliphatic rings. The lowest BCUT2D eigenvalue weighted by atomic mass is 9.96. The molecule has 6 heteroatoms. The molecule has 156 valence electrons. The zero-order chi connectivity index (χ0) is 20.3. The number of ether oxygens (including phenoxy) is 5. The van der Waals surface area contributed by atoms with Crippen LogP contribution in [0.5, 0.6) is 0 Å². The Morgan fingerprint density at radius 2 is 1.48 bits per heavy atom. The van der Waals surface area contributed by atoms with Gasteiger partial charge in [-0.3, -0.25) is 0 Å². The Hall–Kier alpha value is -1.80. The zero-order valence-corrected chi connectivity index (χ0v) is 16.8. The zero-order valence-electron chi connectivity index (χ0n) is 16.8. The number of aliphatic hydroxyl groups is 1. The van der Waals surface area contributed by atoms with E-state index in [0.29, 0.717) is 13.2 Å². The van der Waals surface area contributed by atoms with Gasteiger partial charge in [0, 0.05) is 0 Å². The summed E-state index contributed by atoms with van der Waals surface area (Å²) in [5.74, 6) is -0.768. The minimum atomic E-state index is -1.06. The minimum Gasteiger partial charge on any atom is -0.393 e. The second-order valence-corrected chi connectivity index (χ2v) is 8.00. The highest BCUT2D eigenvalue weighted by Gasteiger charge is 2.62. The van der Waals surface area contributed by atoms with Crippen LogP contribution >= 0.6 is 0 Å². The third kappa shape index (κ3) is 4.53. The average molecular weight is 400 g/mol. The highest BCUT2D eigenvalue weighted by molar-refractivity contribution is 5.15. The van der Waals surface area contributed by atoms with Gasteiger partial charge < -0.3 is 28.8 Å². The molecule has 0 bridgehead atoms. The van der Waals surface area contributed by atoms with Gasteiger partial charge in [0.1, 0.15) is 17.8 Å². The Balaban J connectivity index is 1.48. The van der Waals surface area contributed by atoms with Crippen LogP contribution in [0, 0.1) is 0 Å². The smallest absolute Gasteiger partial charge is 0.190 e. The molecule has 0 aromatic heterocycles. The summed E-state index contributed by atoms with van der Waals surface area (Å²) >= 11 is 0. The van der Waals surface area contributed by atoms with Gasteiger partial charge in [-0.2, -0.15) is 0 Å². The Labute approximate surface area is 171 Å². The molecule has 0 unspecified atom stereocenters. The monoisotopic (exact) mass is 400 g/mol. The van der Waals surface area contributed by atoms with Crippen molar-refractivity contribution in [2.75, 3.05) is 13.2 Å². The van der Waals surface area contributed by atoms with Crippen LogP contribution in [0.4, 0.5) is 0 Å². The number of fused-ring (bicyclic) bond motifs is 1. The van der Waals surface area contributed by atoms with Crippen LogP contribution in [0.25, 0.3) is 0 Å². The Morgan fingerprint density at radius 3 is 2.10 bits per heavy atom. The van der Waals surface area contributed by atoms with E-state index in [1.54, 1.807) is 0 Å². The summed E-state index contributed by atoms with van der Waals surface area (Å²) in [5, 5.41) is 10.3. The van der Waals surface area contributed by atoms with Gasteiger partial charge in [-0.15, -0.1) is 0 Å². The second-order valence-electron chi connectivity index (χ2n) is 8.00. The summed E-state index contributed by atoms with van der Waals surface area (Å²) in [4.78, 5) is 0. The first-order valence-electron chi connectivity index (χ1n) is 9.93. The molecule has 29 heavy (non-hydrogen) atoms. The largest absolute Gasteiger partial charge is 0.393 e. The Morgan fingerprint density at radius 1 is 0.862 bits per heavy atom. The van der Waals surface area contributed by atoms with Gasteiger partial charge in [0.25, 0.3) is 0 Å². The molecule has 2 aromatic carbocycles. The summed E-state index contributed by atoms with van der Waals surface area (Å²) in [6.45, 7) is 4.38. The highest BCUT2D eigenvalue weighted by Crippen LogP contribution is 2.44. The van der Waals surface area contributed by atoms with E-state index in [1.165, 1.54) is 0 Å². The molecule has 6 nitrogen and oxygen atoms in total. The quantitative estimate of drug-likeness (QED) is 0.735. The molecule has 0 saturated carbocycles. The van der Waals surface area contributed by atoms with E-state index in [1.807, 2.05) is 74.5 Å². The maximum Gasteiger partial charge on any atom is 0.190 e. The number of aliphatic hydroxyl groups excluding tert-OH is 1. The van der Waals surface area contributed by atoms with Crippen LogP contribution in [0.1, 0.15) is 25.0 Å². The summed E-state index contributed by atoms with van der Waals surface area (Å²) < 4.78 is 30.2. The summed E-state index contributed by atoms with van der Waals surface area (Å²) in [5.41, 5.74) is 1.02. The van der Waals surface area contributed by atoms with E-state index in [0.717, 1.165) is 11.1 Å². The van der Waals surface area contributed by atoms with Crippen molar-refractivity contribution in [2.24, 2.45) is 0 Å². The van der Waals surface area contributed by atoms with Crippen LogP contribution in [0.3, 0.4) is 0 Å². The highest BCUT2D eigenvalue weighted by atomic mass is 16.8. The standard InChI is InChI=1S/C23H28O6/c1-22(2)27-19-20(26-14-18-11-7-4-8-12-18)23(15-24,29-21(19)28-22)16-25-13-17-9-5-3-6-10-17/h3-12,19-21,24H,13-16H2,1-2H3/t19-,20+,21-,23-/m1/s1. The predicted octanol–water partition coefficient (Wildman–Crippen LogP) is 3.03. The number of hydrogen-bond acceptors (Lipinski definition) is 6. The maximum atomic E-state index is 10.3. The number of rotatable bonds is 8. The predicted molar refractivity (Wildman–Crippen MR) is 106 cm³/mol. The Kier molecular flexibility index (Phi) is 6.01. The van der Waals surface area contributed by atoms with E-state index >= 15 is 0 Å². The van der Waals surface area contributed by atoms with Crippen molar-refractivity contribution in [1.29, 1.82) is 0 Å². The molecule has 0 aliphatic carbocycles.